The molecule has 1 aliphatic heterocycles. The zero-order valence-corrected chi connectivity index (χ0v) is 16.3. The van der Waals surface area contributed by atoms with Crippen molar-refractivity contribution in [1.82, 2.24) is 15.1 Å². The van der Waals surface area contributed by atoms with Crippen LogP contribution in [0.15, 0.2) is 24.3 Å². The standard InChI is InChI=1S/C17H19N5O5.ClH/c1-4-27-16(24)21-14(11-9-18-17(2,3)13(11)20-21)19-15(23)10-7-5-6-8-12(10)22(25)26;/h5-8,18H,4,9H2,1-3H3,(H,19,23);1H. The van der Waals surface area contributed by atoms with Gasteiger partial charge in [0.2, 0.25) is 0 Å². The highest BCUT2D eigenvalue weighted by atomic mass is 35.5. The van der Waals surface area contributed by atoms with Crippen LogP contribution >= 0.6 is 12.4 Å². The third-order valence-corrected chi connectivity index (χ3v) is 4.30. The number of hydrogen-bond acceptors (Lipinski definition) is 7. The Balaban J connectivity index is 0.00000280. The highest BCUT2D eigenvalue weighted by Crippen LogP contribution is 2.35. The Morgan fingerprint density at radius 2 is 2.07 bits per heavy atom. The number of carbonyl (C=O) groups excluding carboxylic acids is 2. The molecule has 0 unspecified atom stereocenters. The fourth-order valence-corrected chi connectivity index (χ4v) is 2.96. The maximum absolute atomic E-state index is 12.7. The van der Waals surface area contributed by atoms with Crippen LogP contribution in [0, 0.1) is 10.1 Å². The average molecular weight is 410 g/mol. The van der Waals surface area contributed by atoms with Gasteiger partial charge < -0.3 is 15.4 Å². The number of nitrogens with zero attached hydrogens (tertiary/aromatic N) is 3. The lowest BCUT2D eigenvalue weighted by Gasteiger charge is -2.17. The van der Waals surface area contributed by atoms with E-state index in [0.717, 1.165) is 4.68 Å². The lowest BCUT2D eigenvalue weighted by atomic mass is 10.0. The third kappa shape index (κ3) is 3.69. The first-order valence-electron chi connectivity index (χ1n) is 8.35. The summed E-state index contributed by atoms with van der Waals surface area (Å²) in [4.78, 5) is 35.5. The van der Waals surface area contributed by atoms with E-state index in [0.29, 0.717) is 17.8 Å². The van der Waals surface area contributed by atoms with Crippen LogP contribution in [0.2, 0.25) is 0 Å². The molecule has 1 amide bonds. The minimum Gasteiger partial charge on any atom is -0.448 e. The van der Waals surface area contributed by atoms with Crippen molar-refractivity contribution in [3.63, 3.8) is 0 Å². The van der Waals surface area contributed by atoms with Gasteiger partial charge in [-0.1, -0.05) is 12.1 Å². The molecule has 0 atom stereocenters. The zero-order chi connectivity index (χ0) is 19.8. The molecule has 2 N–H and O–H groups in total. The van der Waals surface area contributed by atoms with Gasteiger partial charge in [0, 0.05) is 18.2 Å². The van der Waals surface area contributed by atoms with Crippen molar-refractivity contribution >= 4 is 35.9 Å². The second kappa shape index (κ2) is 7.95. The van der Waals surface area contributed by atoms with E-state index in [1.54, 1.807) is 6.92 Å². The lowest BCUT2D eigenvalue weighted by Crippen LogP contribution is -2.31. The molecule has 2 heterocycles. The van der Waals surface area contributed by atoms with Crippen molar-refractivity contribution in [3.05, 3.63) is 51.2 Å². The molecule has 0 saturated heterocycles. The summed E-state index contributed by atoms with van der Waals surface area (Å²) in [5, 5.41) is 21.3. The maximum Gasteiger partial charge on any atom is 0.436 e. The number of halogens is 1. The highest BCUT2D eigenvalue weighted by Gasteiger charge is 2.38. The largest absolute Gasteiger partial charge is 0.448 e. The van der Waals surface area contributed by atoms with Crippen LogP contribution in [0.1, 0.15) is 42.4 Å². The minimum absolute atomic E-state index is 0. The number of aromatic nitrogens is 2. The Kier molecular flexibility index (Phi) is 6.05. The number of rotatable bonds is 4. The van der Waals surface area contributed by atoms with E-state index < -0.39 is 22.5 Å². The van der Waals surface area contributed by atoms with Crippen LogP contribution in [0.4, 0.5) is 16.3 Å². The van der Waals surface area contributed by atoms with Gasteiger partial charge in [-0.05, 0) is 26.8 Å². The number of nitro groups is 1. The number of fused-ring (bicyclic) bond motifs is 1. The second-order valence-corrected chi connectivity index (χ2v) is 6.49. The SMILES string of the molecule is CCOC(=O)n1nc2c(c1NC(=O)c1ccccc1[N+](=O)[O-])CNC2(C)C.Cl. The topological polar surface area (TPSA) is 128 Å². The molecule has 0 saturated carbocycles. The number of nitrogens with one attached hydrogen (secondary N) is 2. The molecule has 0 bridgehead atoms. The molecule has 10 nitrogen and oxygen atoms in total. The van der Waals surface area contributed by atoms with Crippen molar-refractivity contribution in [2.45, 2.75) is 32.9 Å². The zero-order valence-electron chi connectivity index (χ0n) is 15.5. The number of nitro benzene ring substituents is 1. The number of benzene rings is 1. The van der Waals surface area contributed by atoms with E-state index >= 15 is 0 Å². The summed E-state index contributed by atoms with van der Waals surface area (Å²) < 4.78 is 5.99. The smallest absolute Gasteiger partial charge is 0.436 e. The third-order valence-electron chi connectivity index (χ3n) is 4.30. The highest BCUT2D eigenvalue weighted by molar-refractivity contribution is 6.07. The van der Waals surface area contributed by atoms with Gasteiger partial charge in [0.25, 0.3) is 11.6 Å². The predicted octanol–water partition coefficient (Wildman–Crippen LogP) is 2.81. The molecule has 2 aromatic rings. The van der Waals surface area contributed by atoms with Gasteiger partial charge in [-0.15, -0.1) is 17.1 Å². The van der Waals surface area contributed by atoms with Crippen molar-refractivity contribution in [3.8, 4) is 0 Å². The molecule has 0 spiro atoms. The predicted molar refractivity (Wildman–Crippen MR) is 103 cm³/mol. The van der Waals surface area contributed by atoms with Crippen LogP contribution < -0.4 is 10.6 Å². The van der Waals surface area contributed by atoms with Crippen LogP contribution in [-0.2, 0) is 16.8 Å². The lowest BCUT2D eigenvalue weighted by molar-refractivity contribution is -0.385. The quantitative estimate of drug-likeness (QED) is 0.586. The molecule has 28 heavy (non-hydrogen) atoms. The van der Waals surface area contributed by atoms with Crippen molar-refractivity contribution in [2.24, 2.45) is 0 Å². The maximum atomic E-state index is 12.7. The van der Waals surface area contributed by atoms with E-state index in [-0.39, 0.29) is 36.1 Å². The molecule has 0 fully saturated rings. The number of hydrogen-bond donors (Lipinski definition) is 2. The summed E-state index contributed by atoms with van der Waals surface area (Å²) in [6, 6.07) is 5.59. The summed E-state index contributed by atoms with van der Waals surface area (Å²) in [5.74, 6) is -0.565. The van der Waals surface area contributed by atoms with Gasteiger partial charge in [-0.25, -0.2) is 4.79 Å². The van der Waals surface area contributed by atoms with Crippen LogP contribution in [0.5, 0.6) is 0 Å². The Morgan fingerprint density at radius 3 is 2.71 bits per heavy atom. The first-order chi connectivity index (χ1) is 12.8. The molecule has 1 aromatic heterocycles. The van der Waals surface area contributed by atoms with E-state index in [1.165, 1.54) is 24.3 Å². The number of para-hydroxylation sites is 1. The first kappa shape index (κ1) is 21.3. The van der Waals surface area contributed by atoms with Gasteiger partial charge in [0.1, 0.15) is 11.4 Å². The Bertz CT molecular complexity index is 940. The first-order valence-corrected chi connectivity index (χ1v) is 8.35. The van der Waals surface area contributed by atoms with Gasteiger partial charge in [-0.3, -0.25) is 14.9 Å². The molecule has 3 rings (SSSR count). The van der Waals surface area contributed by atoms with Gasteiger partial charge in [-0.2, -0.15) is 5.10 Å². The fraction of sp³-hybridized carbons (Fsp3) is 0.353. The average Bonchev–Trinajstić information content (AvgIpc) is 3.13. The van der Waals surface area contributed by atoms with E-state index in [9.17, 15) is 19.7 Å². The van der Waals surface area contributed by atoms with Crippen molar-refractivity contribution in [2.75, 3.05) is 11.9 Å². The molecular weight excluding hydrogens is 390 g/mol. The Morgan fingerprint density at radius 1 is 1.39 bits per heavy atom. The summed E-state index contributed by atoms with van der Waals surface area (Å²) >= 11 is 0. The summed E-state index contributed by atoms with van der Waals surface area (Å²) in [7, 11) is 0. The Labute approximate surface area is 166 Å². The second-order valence-electron chi connectivity index (χ2n) is 6.49. The van der Waals surface area contributed by atoms with Crippen molar-refractivity contribution < 1.29 is 19.2 Å². The molecule has 0 radical (unpaired) electrons. The van der Waals surface area contributed by atoms with Gasteiger partial charge in [0.15, 0.2) is 0 Å². The summed E-state index contributed by atoms with van der Waals surface area (Å²) in [6.07, 6.45) is -0.736. The fourth-order valence-electron chi connectivity index (χ4n) is 2.96. The van der Waals surface area contributed by atoms with Crippen LogP contribution in [-0.4, -0.2) is 33.3 Å². The normalized spacial score (nSPS) is 14.0. The Hall–Kier alpha value is -2.98. The number of amides is 1. The molecule has 1 aromatic carbocycles. The molecule has 11 heteroatoms. The number of ether oxygens (including phenoxy) is 1. The summed E-state index contributed by atoms with van der Waals surface area (Å²) in [6.45, 7) is 5.98. The molecule has 0 aliphatic carbocycles. The molecule has 1 aliphatic rings. The van der Waals surface area contributed by atoms with E-state index in [1.807, 2.05) is 13.8 Å². The minimum atomic E-state index is -0.736. The monoisotopic (exact) mass is 409 g/mol. The van der Waals surface area contributed by atoms with Crippen LogP contribution in [0.25, 0.3) is 0 Å². The number of anilines is 1. The molecular formula is C17H20ClN5O5. The molecule has 150 valence electrons. The van der Waals surface area contributed by atoms with Crippen LogP contribution in [0.3, 0.4) is 0 Å². The number of carbonyl (C=O) groups is 2. The van der Waals surface area contributed by atoms with E-state index in [2.05, 4.69) is 15.7 Å². The van der Waals surface area contributed by atoms with Gasteiger partial charge >= 0.3 is 6.09 Å². The summed E-state index contributed by atoms with van der Waals surface area (Å²) in [5.41, 5.74) is 0.310. The van der Waals surface area contributed by atoms with Crippen molar-refractivity contribution in [1.29, 1.82) is 0 Å². The van der Waals surface area contributed by atoms with E-state index in [4.69, 9.17) is 4.74 Å². The van der Waals surface area contributed by atoms with Gasteiger partial charge in [0.05, 0.1) is 22.8 Å².